The summed E-state index contributed by atoms with van der Waals surface area (Å²) in [6.07, 6.45) is 0. The van der Waals surface area contributed by atoms with Gasteiger partial charge in [-0.05, 0) is 18.1 Å². The number of aromatic nitrogens is 2. The summed E-state index contributed by atoms with van der Waals surface area (Å²) in [6, 6.07) is 3.36. The summed E-state index contributed by atoms with van der Waals surface area (Å²) in [4.78, 5) is 11.7. The molecule has 5 heteroatoms. The average molecular weight is 233 g/mol. The summed E-state index contributed by atoms with van der Waals surface area (Å²) >= 11 is 0. The largest absolute Gasteiger partial charge is 0.465 e. The van der Waals surface area contributed by atoms with Gasteiger partial charge in [0.2, 0.25) is 0 Å². The minimum atomic E-state index is -0.398. The van der Waals surface area contributed by atoms with E-state index in [0.717, 1.165) is 11.1 Å². The Kier molecular flexibility index (Phi) is 2.75. The Balaban J connectivity index is 2.78. The molecule has 1 aromatic heterocycles. The van der Waals surface area contributed by atoms with Crippen molar-refractivity contribution >= 4 is 22.6 Å². The van der Waals surface area contributed by atoms with Gasteiger partial charge in [-0.15, -0.1) is 0 Å². The lowest BCUT2D eigenvalue weighted by Crippen LogP contribution is -2.04. The molecule has 90 valence electrons. The van der Waals surface area contributed by atoms with Gasteiger partial charge in [0.25, 0.3) is 0 Å². The number of nitrogen functional groups attached to an aromatic ring is 1. The normalized spacial score (nSPS) is 11.1. The molecule has 3 N–H and O–H groups in total. The maximum absolute atomic E-state index is 11.7. The highest BCUT2D eigenvalue weighted by Gasteiger charge is 2.18. The predicted molar refractivity (Wildman–Crippen MR) is 65.9 cm³/mol. The number of hydrogen-bond donors (Lipinski definition) is 2. The van der Waals surface area contributed by atoms with Crippen LogP contribution in [0.1, 0.15) is 35.8 Å². The molecule has 0 saturated carbocycles. The Morgan fingerprint density at radius 1 is 1.47 bits per heavy atom. The number of rotatable bonds is 2. The van der Waals surface area contributed by atoms with Gasteiger partial charge >= 0.3 is 5.97 Å². The summed E-state index contributed by atoms with van der Waals surface area (Å²) < 4.78 is 4.77. The SMILES string of the molecule is COC(=O)c1cc(N)cc2n[nH]c(C(C)C)c12. The van der Waals surface area contributed by atoms with Crippen molar-refractivity contribution < 1.29 is 9.53 Å². The van der Waals surface area contributed by atoms with E-state index >= 15 is 0 Å². The van der Waals surface area contributed by atoms with E-state index in [2.05, 4.69) is 10.2 Å². The van der Waals surface area contributed by atoms with Crippen LogP contribution in [0.5, 0.6) is 0 Å². The smallest absolute Gasteiger partial charge is 0.338 e. The summed E-state index contributed by atoms with van der Waals surface area (Å²) in [5, 5.41) is 7.90. The monoisotopic (exact) mass is 233 g/mol. The number of nitrogens with two attached hydrogens (primary N) is 1. The second kappa shape index (κ2) is 4.08. The van der Waals surface area contributed by atoms with Crippen LogP contribution in [-0.2, 0) is 4.74 Å². The van der Waals surface area contributed by atoms with Crippen LogP contribution in [-0.4, -0.2) is 23.3 Å². The lowest BCUT2D eigenvalue weighted by Gasteiger charge is -2.06. The highest BCUT2D eigenvalue weighted by molar-refractivity contribution is 6.06. The molecular weight excluding hydrogens is 218 g/mol. The summed E-state index contributed by atoms with van der Waals surface area (Å²) in [7, 11) is 1.35. The number of aromatic amines is 1. The molecule has 2 rings (SSSR count). The van der Waals surface area contributed by atoms with Crippen molar-refractivity contribution in [3.8, 4) is 0 Å². The molecule has 0 aliphatic heterocycles. The molecule has 17 heavy (non-hydrogen) atoms. The summed E-state index contributed by atoms with van der Waals surface area (Å²) in [6.45, 7) is 4.06. The zero-order valence-corrected chi connectivity index (χ0v) is 10.1. The Morgan fingerprint density at radius 3 is 2.76 bits per heavy atom. The number of carbonyl (C=O) groups is 1. The molecule has 0 fully saturated rings. The lowest BCUT2D eigenvalue weighted by atomic mass is 10.0. The third-order valence-corrected chi connectivity index (χ3v) is 2.69. The number of anilines is 1. The van der Waals surface area contributed by atoms with Crippen LogP contribution in [0.3, 0.4) is 0 Å². The first-order chi connectivity index (χ1) is 8.04. The van der Waals surface area contributed by atoms with E-state index < -0.39 is 5.97 Å². The van der Waals surface area contributed by atoms with Crippen molar-refractivity contribution in [2.45, 2.75) is 19.8 Å². The number of methoxy groups -OCH3 is 1. The van der Waals surface area contributed by atoms with Crippen LogP contribution >= 0.6 is 0 Å². The Morgan fingerprint density at radius 2 is 2.18 bits per heavy atom. The molecule has 1 aromatic carbocycles. The van der Waals surface area contributed by atoms with E-state index in [0.29, 0.717) is 16.8 Å². The van der Waals surface area contributed by atoms with E-state index in [-0.39, 0.29) is 5.92 Å². The number of ether oxygens (including phenoxy) is 1. The lowest BCUT2D eigenvalue weighted by molar-refractivity contribution is 0.0603. The van der Waals surface area contributed by atoms with Gasteiger partial charge in [0.1, 0.15) is 0 Å². The molecule has 0 bridgehead atoms. The van der Waals surface area contributed by atoms with Gasteiger partial charge in [-0.1, -0.05) is 13.8 Å². The first-order valence-electron chi connectivity index (χ1n) is 5.40. The number of fused-ring (bicyclic) bond motifs is 1. The van der Waals surface area contributed by atoms with E-state index in [1.165, 1.54) is 7.11 Å². The van der Waals surface area contributed by atoms with Crippen molar-refractivity contribution in [3.05, 3.63) is 23.4 Å². The fourth-order valence-corrected chi connectivity index (χ4v) is 1.88. The Bertz CT molecular complexity index is 572. The molecule has 0 spiro atoms. The molecule has 5 nitrogen and oxygen atoms in total. The van der Waals surface area contributed by atoms with Gasteiger partial charge in [-0.25, -0.2) is 4.79 Å². The van der Waals surface area contributed by atoms with E-state index in [1.807, 2.05) is 13.8 Å². The molecule has 0 amide bonds. The number of benzene rings is 1. The predicted octanol–water partition coefficient (Wildman–Crippen LogP) is 2.06. The van der Waals surface area contributed by atoms with Crippen LogP contribution in [0, 0.1) is 0 Å². The molecule has 1 heterocycles. The van der Waals surface area contributed by atoms with Gasteiger partial charge in [0.15, 0.2) is 0 Å². The highest BCUT2D eigenvalue weighted by Crippen LogP contribution is 2.28. The summed E-state index contributed by atoms with van der Waals surface area (Å²) in [5.74, 6) is -0.155. The van der Waals surface area contributed by atoms with E-state index in [9.17, 15) is 4.79 Å². The van der Waals surface area contributed by atoms with Crippen molar-refractivity contribution in [2.24, 2.45) is 0 Å². The zero-order chi connectivity index (χ0) is 12.6. The molecular formula is C12H15N3O2. The quantitative estimate of drug-likeness (QED) is 0.614. The maximum Gasteiger partial charge on any atom is 0.338 e. The maximum atomic E-state index is 11.7. The van der Waals surface area contributed by atoms with Crippen LogP contribution in [0.25, 0.3) is 10.9 Å². The van der Waals surface area contributed by atoms with Gasteiger partial charge in [-0.2, -0.15) is 5.10 Å². The third kappa shape index (κ3) is 1.84. The van der Waals surface area contributed by atoms with Gasteiger partial charge in [0, 0.05) is 16.8 Å². The fourth-order valence-electron chi connectivity index (χ4n) is 1.88. The molecule has 0 saturated heterocycles. The molecule has 2 aromatic rings. The number of nitrogens with one attached hydrogen (secondary N) is 1. The first-order valence-corrected chi connectivity index (χ1v) is 5.40. The number of hydrogen-bond acceptors (Lipinski definition) is 4. The van der Waals surface area contributed by atoms with Crippen LogP contribution in [0.4, 0.5) is 5.69 Å². The van der Waals surface area contributed by atoms with Gasteiger partial charge in [-0.3, -0.25) is 5.10 Å². The molecule has 0 unspecified atom stereocenters. The first kappa shape index (κ1) is 11.4. The number of esters is 1. The van der Waals surface area contributed by atoms with Crippen molar-refractivity contribution in [1.82, 2.24) is 10.2 Å². The van der Waals surface area contributed by atoms with Crippen LogP contribution in [0.15, 0.2) is 12.1 Å². The third-order valence-electron chi connectivity index (χ3n) is 2.69. The fraction of sp³-hybridized carbons (Fsp3) is 0.333. The van der Waals surface area contributed by atoms with Crippen molar-refractivity contribution in [3.63, 3.8) is 0 Å². The standard InChI is InChI=1S/C12H15N3O2/c1-6(2)11-10-8(12(16)17-3)4-7(13)5-9(10)14-15-11/h4-6H,13H2,1-3H3,(H,14,15). The second-order valence-electron chi connectivity index (χ2n) is 4.25. The molecule has 0 atom stereocenters. The minimum absolute atomic E-state index is 0.243. The topological polar surface area (TPSA) is 81.0 Å². The summed E-state index contributed by atoms with van der Waals surface area (Å²) in [5.41, 5.74) is 8.30. The highest BCUT2D eigenvalue weighted by atomic mass is 16.5. The Labute approximate surface area is 98.9 Å². The Hall–Kier alpha value is -2.04. The van der Waals surface area contributed by atoms with Gasteiger partial charge < -0.3 is 10.5 Å². The minimum Gasteiger partial charge on any atom is -0.465 e. The van der Waals surface area contributed by atoms with Crippen molar-refractivity contribution in [2.75, 3.05) is 12.8 Å². The van der Waals surface area contributed by atoms with Crippen LogP contribution in [0.2, 0.25) is 0 Å². The molecule has 0 aliphatic rings. The number of carbonyl (C=O) groups excluding carboxylic acids is 1. The number of H-pyrrole nitrogens is 1. The number of nitrogens with zero attached hydrogens (tertiary/aromatic N) is 1. The zero-order valence-electron chi connectivity index (χ0n) is 10.1. The van der Waals surface area contributed by atoms with E-state index in [4.69, 9.17) is 10.5 Å². The van der Waals surface area contributed by atoms with Crippen molar-refractivity contribution in [1.29, 1.82) is 0 Å². The van der Waals surface area contributed by atoms with E-state index in [1.54, 1.807) is 12.1 Å². The van der Waals surface area contributed by atoms with Gasteiger partial charge in [0.05, 0.1) is 18.2 Å². The second-order valence-corrected chi connectivity index (χ2v) is 4.25. The van der Waals surface area contributed by atoms with Crippen LogP contribution < -0.4 is 5.73 Å². The molecule has 0 aliphatic carbocycles. The average Bonchev–Trinajstić information content (AvgIpc) is 2.70. The molecule has 0 radical (unpaired) electrons.